The number of hydrogen-bond donors (Lipinski definition) is 0. The first-order valence-electron chi connectivity index (χ1n) is 4.84. The summed E-state index contributed by atoms with van der Waals surface area (Å²) >= 11 is 1.89. The van der Waals surface area contributed by atoms with Crippen LogP contribution < -0.4 is 4.31 Å². The summed E-state index contributed by atoms with van der Waals surface area (Å²) in [6.45, 7) is 0.146. The summed E-state index contributed by atoms with van der Waals surface area (Å²) in [5, 5.41) is 0. The van der Waals surface area contributed by atoms with Crippen LogP contribution in [0, 0.1) is 9.85 Å². The molecule has 0 saturated heterocycles. The lowest BCUT2D eigenvalue weighted by atomic mass is 10.3. The Kier molecular flexibility index (Phi) is 5.24. The van der Waals surface area contributed by atoms with E-state index in [0.29, 0.717) is 5.69 Å². The van der Waals surface area contributed by atoms with Crippen LogP contribution in [0.15, 0.2) is 30.3 Å². The van der Waals surface area contributed by atoms with Crippen molar-refractivity contribution in [3.05, 3.63) is 30.3 Å². The van der Waals surface area contributed by atoms with Gasteiger partial charge in [-0.15, -0.1) is 0 Å². The largest absolute Gasteiger partial charge is 0.304 e. The second kappa shape index (κ2) is 6.23. The van der Waals surface area contributed by atoms with Crippen LogP contribution in [-0.2, 0) is 10.2 Å². The Bertz CT molecular complexity index is 517. The molecule has 0 aliphatic carbocycles. The van der Waals surface area contributed by atoms with Crippen molar-refractivity contribution in [2.75, 3.05) is 24.9 Å². The molecule has 0 saturated carbocycles. The Morgan fingerprint density at radius 2 is 1.82 bits per heavy atom. The smallest absolute Gasteiger partial charge is 0.246 e. The Morgan fingerprint density at radius 1 is 1.24 bits per heavy atom. The quantitative estimate of drug-likeness (QED) is 0.603. The summed E-state index contributed by atoms with van der Waals surface area (Å²) in [5.41, 5.74) is 0.611. The third-order valence-corrected chi connectivity index (χ3v) is 4.27. The van der Waals surface area contributed by atoms with Crippen LogP contribution in [0.4, 0.5) is 5.69 Å². The van der Waals surface area contributed by atoms with E-state index in [0.717, 1.165) is 0 Å². The van der Waals surface area contributed by atoms with Crippen molar-refractivity contribution in [3.63, 3.8) is 0 Å². The van der Waals surface area contributed by atoms with Crippen molar-refractivity contribution in [1.29, 1.82) is 0 Å². The molecule has 0 aromatic heterocycles. The molecule has 1 rings (SSSR count). The molecule has 1 aromatic carbocycles. The molecule has 0 radical (unpaired) electrons. The van der Waals surface area contributed by atoms with Crippen molar-refractivity contribution in [2.45, 2.75) is 0 Å². The lowest BCUT2D eigenvalue weighted by molar-refractivity contribution is 0.517. The number of para-hydroxylation sites is 1. The summed E-state index contributed by atoms with van der Waals surface area (Å²) in [5.74, 6) is 2.76. The molecule has 0 atom stereocenters. The summed E-state index contributed by atoms with van der Waals surface area (Å²) in [6, 6.07) is 8.93. The molecule has 0 heterocycles. The molecule has 0 aliphatic heterocycles. The predicted molar refractivity (Wildman–Crippen MR) is 78.2 cm³/mol. The van der Waals surface area contributed by atoms with Crippen molar-refractivity contribution in [2.24, 2.45) is 0 Å². The second-order valence-electron chi connectivity index (χ2n) is 3.40. The number of nitrogens with zero attached hydrogens (tertiary/aromatic N) is 2. The van der Waals surface area contributed by atoms with Crippen LogP contribution in [-0.4, -0.2) is 33.4 Å². The van der Waals surface area contributed by atoms with Crippen molar-refractivity contribution in [1.82, 2.24) is 4.31 Å². The maximum Gasteiger partial charge on any atom is 0.304 e. The Morgan fingerprint density at radius 3 is 2.29 bits per heavy atom. The van der Waals surface area contributed by atoms with Crippen LogP contribution in [0.5, 0.6) is 0 Å². The fourth-order valence-electron chi connectivity index (χ4n) is 1.20. The van der Waals surface area contributed by atoms with Gasteiger partial charge in [0.05, 0.1) is 12.2 Å². The molecule has 0 N–H and O–H groups in total. The van der Waals surface area contributed by atoms with Gasteiger partial charge < -0.3 is 0 Å². The predicted octanol–water partition coefficient (Wildman–Crippen LogP) is 1.70. The van der Waals surface area contributed by atoms with E-state index in [1.54, 1.807) is 24.3 Å². The zero-order valence-corrected chi connectivity index (χ0v) is 12.6. The van der Waals surface area contributed by atoms with Gasteiger partial charge in [0.2, 0.25) is 0 Å². The van der Waals surface area contributed by atoms with Crippen molar-refractivity contribution < 1.29 is 8.42 Å². The Balaban J connectivity index is 3.17. The minimum atomic E-state index is -3.50. The number of benzene rings is 1. The van der Waals surface area contributed by atoms with Crippen LogP contribution in [0.3, 0.4) is 0 Å². The first kappa shape index (κ1) is 14.3. The van der Waals surface area contributed by atoms with Crippen LogP contribution in [0.1, 0.15) is 0 Å². The first-order chi connectivity index (χ1) is 8.00. The first-order valence-corrected chi connectivity index (χ1v) is 7.31. The van der Waals surface area contributed by atoms with Crippen molar-refractivity contribution in [3.8, 4) is 9.85 Å². The summed E-state index contributed by atoms with van der Waals surface area (Å²) in [7, 11) is -0.498. The fourth-order valence-corrected chi connectivity index (χ4v) is 2.38. The summed E-state index contributed by atoms with van der Waals surface area (Å²) < 4.78 is 29.4. The van der Waals surface area contributed by atoms with Gasteiger partial charge in [0.15, 0.2) is 0 Å². The van der Waals surface area contributed by atoms with Gasteiger partial charge in [-0.1, -0.05) is 24.1 Å². The van der Waals surface area contributed by atoms with Gasteiger partial charge in [-0.2, -0.15) is 12.7 Å². The van der Waals surface area contributed by atoms with Gasteiger partial charge in [0, 0.05) is 36.7 Å². The van der Waals surface area contributed by atoms with E-state index in [9.17, 15) is 8.42 Å². The Labute approximate surface area is 116 Å². The van der Waals surface area contributed by atoms with E-state index in [2.05, 4.69) is 9.85 Å². The molecule has 0 unspecified atom stereocenters. The molecular weight excluding hydrogens is 351 g/mol. The zero-order valence-electron chi connectivity index (χ0n) is 9.59. The monoisotopic (exact) mass is 364 g/mol. The molecule has 17 heavy (non-hydrogen) atoms. The lowest BCUT2D eigenvalue weighted by Crippen LogP contribution is -2.40. The topological polar surface area (TPSA) is 40.6 Å². The molecule has 6 heteroatoms. The highest BCUT2D eigenvalue weighted by Gasteiger charge is 2.23. The van der Waals surface area contributed by atoms with Gasteiger partial charge in [-0.05, 0) is 16.1 Å². The minimum Gasteiger partial charge on any atom is -0.246 e. The van der Waals surface area contributed by atoms with Crippen molar-refractivity contribution >= 4 is 38.5 Å². The molecule has 1 aromatic rings. The van der Waals surface area contributed by atoms with E-state index in [-0.39, 0.29) is 6.54 Å². The average molecular weight is 364 g/mol. The number of anilines is 1. The second-order valence-corrected chi connectivity index (χ2v) is 6.01. The normalized spacial score (nSPS) is 10.8. The zero-order chi connectivity index (χ0) is 12.9. The minimum absolute atomic E-state index is 0.146. The van der Waals surface area contributed by atoms with Crippen LogP contribution in [0.2, 0.25) is 0 Å². The maximum atomic E-state index is 12.1. The van der Waals surface area contributed by atoms with Crippen LogP contribution >= 0.6 is 22.6 Å². The van der Waals surface area contributed by atoms with E-state index >= 15 is 0 Å². The van der Waals surface area contributed by atoms with Crippen LogP contribution in [0.25, 0.3) is 0 Å². The lowest BCUT2D eigenvalue weighted by Gasteiger charge is -2.25. The molecule has 0 bridgehead atoms. The molecule has 0 spiro atoms. The fraction of sp³-hybridized carbons (Fsp3) is 0.273. The molecule has 0 aliphatic rings. The SMILES string of the molecule is CN(C)S(=O)(=O)N(CC#CI)c1ccccc1. The van der Waals surface area contributed by atoms with E-state index in [1.807, 2.05) is 28.7 Å². The molecule has 4 nitrogen and oxygen atoms in total. The Hall–Kier alpha value is -0.780. The van der Waals surface area contributed by atoms with E-state index < -0.39 is 10.2 Å². The third kappa shape index (κ3) is 3.59. The van der Waals surface area contributed by atoms with Gasteiger partial charge in [-0.25, -0.2) is 4.31 Å². The van der Waals surface area contributed by atoms with Gasteiger partial charge in [0.1, 0.15) is 0 Å². The number of rotatable bonds is 4. The molecular formula is C11H13IN2O2S. The molecule has 0 fully saturated rings. The van der Waals surface area contributed by atoms with E-state index in [1.165, 1.54) is 22.7 Å². The molecule has 0 amide bonds. The summed E-state index contributed by atoms with van der Waals surface area (Å²) in [4.78, 5) is 0. The number of halogens is 1. The van der Waals surface area contributed by atoms with Gasteiger partial charge in [0.25, 0.3) is 0 Å². The highest BCUT2D eigenvalue weighted by Crippen LogP contribution is 2.18. The van der Waals surface area contributed by atoms with Gasteiger partial charge >= 0.3 is 10.2 Å². The highest BCUT2D eigenvalue weighted by molar-refractivity contribution is 14.1. The standard InChI is InChI=1S/C11H13IN2O2S/c1-13(2)17(15,16)14(10-6-9-12)11-7-4-3-5-8-11/h3-5,7-8H,10H2,1-2H3. The number of hydrogen-bond acceptors (Lipinski definition) is 2. The molecule has 92 valence electrons. The highest BCUT2D eigenvalue weighted by atomic mass is 127. The summed E-state index contributed by atoms with van der Waals surface area (Å²) in [6.07, 6.45) is 0. The van der Waals surface area contributed by atoms with Gasteiger partial charge in [-0.3, -0.25) is 0 Å². The van der Waals surface area contributed by atoms with E-state index in [4.69, 9.17) is 0 Å². The maximum absolute atomic E-state index is 12.1. The average Bonchev–Trinajstić information content (AvgIpc) is 2.30. The third-order valence-electron chi connectivity index (χ3n) is 2.07.